The third kappa shape index (κ3) is 2.86. The van der Waals surface area contributed by atoms with Crippen LogP contribution in [-0.4, -0.2) is 48.5 Å². The Bertz CT molecular complexity index is 1110. The maximum Gasteiger partial charge on any atom is 0.242 e. The van der Waals surface area contributed by atoms with Gasteiger partial charge in [-0.1, -0.05) is 12.1 Å². The number of benzene rings is 1. The molecule has 5 rings (SSSR count). The van der Waals surface area contributed by atoms with Crippen molar-refractivity contribution in [3.8, 4) is 0 Å². The number of para-hydroxylation sites is 2. The van der Waals surface area contributed by atoms with Gasteiger partial charge in [0.05, 0.1) is 11.0 Å². The summed E-state index contributed by atoms with van der Waals surface area (Å²) in [5.41, 5.74) is 5.46. The van der Waals surface area contributed by atoms with Crippen LogP contribution < -0.4 is 10.3 Å². The number of anilines is 1. The van der Waals surface area contributed by atoms with Gasteiger partial charge in [-0.25, -0.2) is 9.66 Å². The first-order chi connectivity index (χ1) is 13.3. The molecule has 0 saturated carbocycles. The molecule has 0 aliphatic carbocycles. The molecule has 0 unspecified atom stereocenters. The van der Waals surface area contributed by atoms with Gasteiger partial charge >= 0.3 is 0 Å². The molecular formula is C18H18N8O. The molecule has 3 aromatic heterocycles. The highest BCUT2D eigenvalue weighted by molar-refractivity contribution is 5.88. The Morgan fingerprint density at radius 1 is 1.07 bits per heavy atom. The monoisotopic (exact) mass is 362 g/mol. The molecule has 1 N–H and O–H groups in total. The van der Waals surface area contributed by atoms with Gasteiger partial charge in [-0.2, -0.15) is 4.52 Å². The van der Waals surface area contributed by atoms with Gasteiger partial charge in [0, 0.05) is 19.0 Å². The Hall–Kier alpha value is -3.49. The summed E-state index contributed by atoms with van der Waals surface area (Å²) < 4.78 is 3.36. The molecule has 1 aliphatic heterocycles. The lowest BCUT2D eigenvalue weighted by molar-refractivity contribution is -0.121. The van der Waals surface area contributed by atoms with Gasteiger partial charge < -0.3 is 4.90 Å². The van der Waals surface area contributed by atoms with Crippen LogP contribution in [0.5, 0.6) is 0 Å². The normalized spacial score (nSPS) is 15.5. The predicted molar refractivity (Wildman–Crippen MR) is 99.8 cm³/mol. The van der Waals surface area contributed by atoms with Gasteiger partial charge in [0.1, 0.15) is 18.5 Å². The maximum atomic E-state index is 12.7. The van der Waals surface area contributed by atoms with E-state index in [-0.39, 0.29) is 11.8 Å². The van der Waals surface area contributed by atoms with E-state index in [0.29, 0.717) is 0 Å². The second kappa shape index (κ2) is 6.35. The lowest BCUT2D eigenvalue weighted by Gasteiger charge is -2.32. The zero-order valence-electron chi connectivity index (χ0n) is 14.6. The summed E-state index contributed by atoms with van der Waals surface area (Å²) in [5, 5.41) is 12.3. The summed E-state index contributed by atoms with van der Waals surface area (Å²) in [7, 11) is 0. The minimum absolute atomic E-state index is 0.0268. The van der Waals surface area contributed by atoms with E-state index in [1.807, 2.05) is 36.4 Å². The number of fused-ring (bicyclic) bond motifs is 2. The van der Waals surface area contributed by atoms with Crippen molar-refractivity contribution in [1.82, 2.24) is 29.5 Å². The Balaban J connectivity index is 1.25. The average molecular weight is 362 g/mol. The van der Waals surface area contributed by atoms with Crippen LogP contribution in [0.25, 0.3) is 16.7 Å². The topological polar surface area (TPSA) is 93.2 Å². The van der Waals surface area contributed by atoms with Crippen LogP contribution in [0.1, 0.15) is 12.8 Å². The third-order valence-electron chi connectivity index (χ3n) is 5.02. The maximum absolute atomic E-state index is 12.7. The number of piperidine rings is 1. The second-order valence-corrected chi connectivity index (χ2v) is 6.67. The SMILES string of the molecule is O=C(Nn1cnc2ccccc21)C1CCN(c2ccc3nncn3n2)CC1. The van der Waals surface area contributed by atoms with Crippen LogP contribution in [-0.2, 0) is 4.79 Å². The van der Waals surface area contributed by atoms with Gasteiger partial charge in [0.2, 0.25) is 5.91 Å². The highest BCUT2D eigenvalue weighted by Gasteiger charge is 2.26. The summed E-state index contributed by atoms with van der Waals surface area (Å²) in [6.07, 6.45) is 4.80. The molecule has 1 saturated heterocycles. The lowest BCUT2D eigenvalue weighted by Crippen LogP contribution is -2.40. The molecule has 9 heteroatoms. The van der Waals surface area contributed by atoms with Crippen LogP contribution in [0, 0.1) is 5.92 Å². The van der Waals surface area contributed by atoms with Crippen molar-refractivity contribution in [2.45, 2.75) is 12.8 Å². The number of amides is 1. The van der Waals surface area contributed by atoms with E-state index >= 15 is 0 Å². The number of nitrogens with one attached hydrogen (secondary N) is 1. The van der Waals surface area contributed by atoms with Crippen LogP contribution in [0.2, 0.25) is 0 Å². The van der Waals surface area contributed by atoms with Gasteiger partial charge in [0.15, 0.2) is 5.65 Å². The molecular weight excluding hydrogens is 344 g/mol. The smallest absolute Gasteiger partial charge is 0.242 e. The fourth-order valence-electron chi connectivity index (χ4n) is 3.52. The number of imidazole rings is 1. The fraction of sp³-hybridized carbons (Fsp3) is 0.278. The lowest BCUT2D eigenvalue weighted by atomic mass is 9.96. The summed E-state index contributed by atoms with van der Waals surface area (Å²) in [6, 6.07) is 11.6. The first-order valence-electron chi connectivity index (χ1n) is 8.93. The Morgan fingerprint density at radius 3 is 2.81 bits per heavy atom. The quantitative estimate of drug-likeness (QED) is 0.593. The summed E-state index contributed by atoms with van der Waals surface area (Å²) >= 11 is 0. The van der Waals surface area contributed by atoms with Gasteiger partial charge in [-0.05, 0) is 37.1 Å². The van der Waals surface area contributed by atoms with Crippen LogP contribution >= 0.6 is 0 Å². The molecule has 0 spiro atoms. The average Bonchev–Trinajstić information content (AvgIpc) is 3.35. The number of aromatic nitrogens is 6. The molecule has 0 radical (unpaired) electrons. The van der Waals surface area contributed by atoms with E-state index in [1.165, 1.54) is 0 Å². The summed E-state index contributed by atoms with van der Waals surface area (Å²) in [4.78, 5) is 19.2. The van der Waals surface area contributed by atoms with Crippen molar-refractivity contribution in [2.24, 2.45) is 5.92 Å². The zero-order valence-corrected chi connectivity index (χ0v) is 14.6. The molecule has 0 bridgehead atoms. The molecule has 1 aliphatic rings. The Kier molecular flexibility index (Phi) is 3.70. The Morgan fingerprint density at radius 2 is 1.93 bits per heavy atom. The van der Waals surface area contributed by atoms with E-state index < -0.39 is 0 Å². The second-order valence-electron chi connectivity index (χ2n) is 6.67. The van der Waals surface area contributed by atoms with Crippen LogP contribution in [0.4, 0.5) is 5.82 Å². The van der Waals surface area contributed by atoms with E-state index in [2.05, 4.69) is 30.6 Å². The largest absolute Gasteiger partial charge is 0.355 e. The van der Waals surface area contributed by atoms with E-state index in [4.69, 9.17) is 0 Å². The molecule has 4 aromatic rings. The molecule has 1 aromatic carbocycles. The minimum atomic E-state index is -0.0268. The number of carbonyl (C=O) groups is 1. The number of carbonyl (C=O) groups excluding carboxylic acids is 1. The van der Waals surface area contributed by atoms with Crippen molar-refractivity contribution >= 4 is 28.4 Å². The zero-order chi connectivity index (χ0) is 18.2. The summed E-state index contributed by atoms with van der Waals surface area (Å²) in [6.45, 7) is 1.56. The van der Waals surface area contributed by atoms with Gasteiger partial charge in [0.25, 0.3) is 0 Å². The van der Waals surface area contributed by atoms with Crippen molar-refractivity contribution < 1.29 is 4.79 Å². The summed E-state index contributed by atoms with van der Waals surface area (Å²) in [5.74, 6) is 0.878. The number of hydrogen-bond acceptors (Lipinski definition) is 6. The van der Waals surface area contributed by atoms with Crippen molar-refractivity contribution in [2.75, 3.05) is 23.4 Å². The standard InChI is InChI=1S/C18H18N8O/c27-18(23-25-11-19-14-3-1-2-4-15(14)25)13-7-9-24(10-8-13)17-6-5-16-21-20-12-26(16)22-17/h1-6,11-13H,7-10H2,(H,23,27). The van der Waals surface area contributed by atoms with Crippen molar-refractivity contribution in [3.05, 3.63) is 49.1 Å². The van der Waals surface area contributed by atoms with Gasteiger partial charge in [-0.15, -0.1) is 15.3 Å². The minimum Gasteiger partial charge on any atom is -0.355 e. The van der Waals surface area contributed by atoms with E-state index in [1.54, 1.807) is 21.8 Å². The first-order valence-corrected chi connectivity index (χ1v) is 8.93. The Labute approximate surface area is 154 Å². The number of hydrogen-bond donors (Lipinski definition) is 1. The van der Waals surface area contributed by atoms with E-state index in [9.17, 15) is 4.79 Å². The molecule has 27 heavy (non-hydrogen) atoms. The molecule has 136 valence electrons. The van der Waals surface area contributed by atoms with Crippen molar-refractivity contribution in [1.29, 1.82) is 0 Å². The molecule has 4 heterocycles. The molecule has 1 amide bonds. The number of rotatable bonds is 3. The van der Waals surface area contributed by atoms with Crippen molar-refractivity contribution in [3.63, 3.8) is 0 Å². The molecule has 1 fully saturated rings. The highest BCUT2D eigenvalue weighted by Crippen LogP contribution is 2.22. The number of nitrogens with zero attached hydrogens (tertiary/aromatic N) is 7. The predicted octanol–water partition coefficient (Wildman–Crippen LogP) is 1.46. The van der Waals surface area contributed by atoms with E-state index in [0.717, 1.165) is 48.4 Å². The molecule has 0 atom stereocenters. The van der Waals surface area contributed by atoms with Crippen LogP contribution in [0.3, 0.4) is 0 Å². The first kappa shape index (κ1) is 15.7. The highest BCUT2D eigenvalue weighted by atomic mass is 16.2. The van der Waals surface area contributed by atoms with Crippen LogP contribution in [0.15, 0.2) is 49.1 Å². The van der Waals surface area contributed by atoms with Gasteiger partial charge in [-0.3, -0.25) is 10.2 Å². The third-order valence-corrected chi connectivity index (χ3v) is 5.02. The fourth-order valence-corrected chi connectivity index (χ4v) is 3.52. The molecule has 9 nitrogen and oxygen atoms in total.